The summed E-state index contributed by atoms with van der Waals surface area (Å²) in [5.41, 5.74) is 6.42. The lowest BCUT2D eigenvalue weighted by Gasteiger charge is -2.34. The number of nitrogens with zero attached hydrogens (tertiary/aromatic N) is 3. The SMILES string of the molecule is Nc1cc([N+](=O)[O-])ccc1C(=O)c1ccccc1.O=C(N1CCCCC1)N1CCCCC1. The zero-order valence-electron chi connectivity index (χ0n) is 18.2. The third kappa shape index (κ3) is 6.06. The fraction of sp³-hybridized carbons (Fsp3) is 0.417. The molecule has 2 saturated heterocycles. The van der Waals surface area contributed by atoms with Crippen molar-refractivity contribution in [1.82, 2.24) is 9.80 Å². The van der Waals surface area contributed by atoms with Crippen molar-refractivity contribution >= 4 is 23.2 Å². The molecule has 2 amide bonds. The Kier molecular flexibility index (Phi) is 8.19. The van der Waals surface area contributed by atoms with E-state index in [0.29, 0.717) is 11.6 Å². The number of hydrogen-bond donors (Lipinski definition) is 1. The first-order valence-electron chi connectivity index (χ1n) is 11.1. The minimum Gasteiger partial charge on any atom is -0.398 e. The molecule has 4 rings (SSSR count). The molecule has 2 aromatic carbocycles. The van der Waals surface area contributed by atoms with Crippen molar-refractivity contribution in [3.63, 3.8) is 0 Å². The van der Waals surface area contributed by atoms with Crippen molar-refractivity contribution in [3.05, 3.63) is 69.8 Å². The average Bonchev–Trinajstić information content (AvgIpc) is 2.85. The number of carbonyl (C=O) groups is 2. The number of likely N-dealkylation sites (tertiary alicyclic amines) is 2. The molecule has 2 N–H and O–H groups in total. The summed E-state index contributed by atoms with van der Waals surface area (Å²) in [6, 6.07) is 12.8. The third-order valence-corrected chi connectivity index (χ3v) is 5.78. The van der Waals surface area contributed by atoms with Gasteiger partial charge in [0, 0.05) is 55.1 Å². The van der Waals surface area contributed by atoms with Gasteiger partial charge in [-0.3, -0.25) is 14.9 Å². The predicted molar refractivity (Wildman–Crippen MR) is 124 cm³/mol. The molecule has 8 nitrogen and oxygen atoms in total. The number of carbonyl (C=O) groups excluding carboxylic acids is 2. The summed E-state index contributed by atoms with van der Waals surface area (Å²) in [5, 5.41) is 10.6. The van der Waals surface area contributed by atoms with Gasteiger partial charge in [0.2, 0.25) is 0 Å². The Hall–Kier alpha value is -3.42. The van der Waals surface area contributed by atoms with Gasteiger partial charge in [-0.15, -0.1) is 0 Å². The Morgan fingerprint density at radius 1 is 0.812 bits per heavy atom. The van der Waals surface area contributed by atoms with Crippen molar-refractivity contribution in [2.24, 2.45) is 0 Å². The Morgan fingerprint density at radius 3 is 1.81 bits per heavy atom. The second-order valence-corrected chi connectivity index (χ2v) is 8.10. The van der Waals surface area contributed by atoms with E-state index in [9.17, 15) is 19.7 Å². The Labute approximate surface area is 188 Å². The molecular formula is C24H30N4O4. The smallest absolute Gasteiger partial charge is 0.319 e. The standard InChI is InChI=1S/C13H10N2O3.C11H20N2O/c14-12-8-10(15(17)18)6-7-11(12)13(16)9-4-2-1-3-5-9;14-11(12-7-3-1-4-8-12)13-9-5-2-6-10-13/h1-8H,14H2;1-10H2. The number of ketones is 1. The Bertz CT molecular complexity index is 916. The number of hydrogen-bond acceptors (Lipinski definition) is 5. The quantitative estimate of drug-likeness (QED) is 0.329. The largest absolute Gasteiger partial charge is 0.398 e. The number of nitro groups is 1. The van der Waals surface area contributed by atoms with Crippen LogP contribution in [0.4, 0.5) is 16.2 Å². The van der Waals surface area contributed by atoms with Gasteiger partial charge in [-0.1, -0.05) is 30.3 Å². The van der Waals surface area contributed by atoms with Gasteiger partial charge in [0.05, 0.1) is 4.92 Å². The van der Waals surface area contributed by atoms with Crippen LogP contribution in [-0.4, -0.2) is 52.7 Å². The van der Waals surface area contributed by atoms with Gasteiger partial charge in [0.25, 0.3) is 5.69 Å². The number of rotatable bonds is 3. The summed E-state index contributed by atoms with van der Waals surface area (Å²) in [6.07, 6.45) is 7.37. The van der Waals surface area contributed by atoms with Gasteiger partial charge in [-0.05, 0) is 44.6 Å². The maximum absolute atomic E-state index is 12.1. The predicted octanol–water partition coefficient (Wildman–Crippen LogP) is 4.49. The number of piperidine rings is 2. The minimum absolute atomic E-state index is 0.109. The molecule has 2 heterocycles. The van der Waals surface area contributed by atoms with Crippen molar-refractivity contribution in [1.29, 1.82) is 0 Å². The van der Waals surface area contributed by atoms with E-state index in [-0.39, 0.29) is 22.7 Å². The highest BCUT2D eigenvalue weighted by Gasteiger charge is 2.23. The maximum Gasteiger partial charge on any atom is 0.319 e. The summed E-state index contributed by atoms with van der Waals surface area (Å²) in [5.74, 6) is -0.247. The van der Waals surface area contributed by atoms with Crippen LogP contribution < -0.4 is 5.73 Å². The van der Waals surface area contributed by atoms with Crippen molar-refractivity contribution in [2.45, 2.75) is 38.5 Å². The van der Waals surface area contributed by atoms with Crippen LogP contribution >= 0.6 is 0 Å². The number of nitro benzene ring substituents is 1. The first-order chi connectivity index (χ1) is 15.5. The highest BCUT2D eigenvalue weighted by atomic mass is 16.6. The van der Waals surface area contributed by atoms with E-state index in [1.807, 2.05) is 9.80 Å². The van der Waals surface area contributed by atoms with Crippen LogP contribution in [0.25, 0.3) is 0 Å². The molecule has 0 atom stereocenters. The molecule has 0 radical (unpaired) electrons. The monoisotopic (exact) mass is 438 g/mol. The molecule has 2 fully saturated rings. The molecule has 0 spiro atoms. The molecule has 0 saturated carbocycles. The van der Waals surface area contributed by atoms with E-state index in [2.05, 4.69) is 0 Å². The molecule has 170 valence electrons. The normalized spacial score (nSPS) is 16.0. The lowest BCUT2D eigenvalue weighted by atomic mass is 10.0. The molecule has 32 heavy (non-hydrogen) atoms. The minimum atomic E-state index is -0.548. The van der Waals surface area contributed by atoms with Crippen molar-refractivity contribution < 1.29 is 14.5 Å². The van der Waals surface area contributed by atoms with Crippen LogP contribution in [0.2, 0.25) is 0 Å². The van der Waals surface area contributed by atoms with Gasteiger partial charge in [-0.25, -0.2) is 4.79 Å². The van der Waals surface area contributed by atoms with E-state index >= 15 is 0 Å². The molecule has 2 aliphatic heterocycles. The molecule has 2 aromatic rings. The number of urea groups is 1. The lowest BCUT2D eigenvalue weighted by Crippen LogP contribution is -2.47. The first-order valence-corrected chi connectivity index (χ1v) is 11.1. The maximum atomic E-state index is 12.1. The summed E-state index contributed by atoms with van der Waals surface area (Å²) >= 11 is 0. The van der Waals surface area contributed by atoms with E-state index in [4.69, 9.17) is 5.73 Å². The third-order valence-electron chi connectivity index (χ3n) is 5.78. The summed E-state index contributed by atoms with van der Waals surface area (Å²) in [4.78, 5) is 38.2. The summed E-state index contributed by atoms with van der Waals surface area (Å²) in [7, 11) is 0. The first kappa shape index (κ1) is 23.2. The van der Waals surface area contributed by atoms with E-state index in [1.54, 1.807) is 30.3 Å². The zero-order chi connectivity index (χ0) is 22.9. The van der Waals surface area contributed by atoms with E-state index in [1.165, 1.54) is 56.7 Å². The topological polar surface area (TPSA) is 110 Å². The van der Waals surface area contributed by atoms with E-state index in [0.717, 1.165) is 26.2 Å². The van der Waals surface area contributed by atoms with Gasteiger partial charge in [0.1, 0.15) is 0 Å². The molecule has 2 aliphatic rings. The van der Waals surface area contributed by atoms with Crippen LogP contribution in [0.3, 0.4) is 0 Å². The molecule has 8 heteroatoms. The summed E-state index contributed by atoms with van der Waals surface area (Å²) < 4.78 is 0. The number of non-ortho nitro benzene ring substituents is 1. The number of anilines is 1. The fourth-order valence-electron chi connectivity index (χ4n) is 3.99. The molecule has 0 aliphatic carbocycles. The Morgan fingerprint density at radius 2 is 1.34 bits per heavy atom. The number of nitrogens with two attached hydrogens (primary N) is 1. The molecule has 0 bridgehead atoms. The van der Waals surface area contributed by atoms with Crippen LogP contribution in [0.5, 0.6) is 0 Å². The van der Waals surface area contributed by atoms with Crippen LogP contribution in [-0.2, 0) is 0 Å². The average molecular weight is 439 g/mol. The molecule has 0 unspecified atom stereocenters. The highest BCUT2D eigenvalue weighted by molar-refractivity contribution is 6.12. The van der Waals surface area contributed by atoms with Crippen molar-refractivity contribution in [2.75, 3.05) is 31.9 Å². The lowest BCUT2D eigenvalue weighted by molar-refractivity contribution is -0.384. The van der Waals surface area contributed by atoms with Crippen molar-refractivity contribution in [3.8, 4) is 0 Å². The van der Waals surface area contributed by atoms with Gasteiger partial charge in [0.15, 0.2) is 5.78 Å². The van der Waals surface area contributed by atoms with Crippen LogP contribution in [0.15, 0.2) is 48.5 Å². The van der Waals surface area contributed by atoms with E-state index < -0.39 is 4.92 Å². The molecule has 0 aromatic heterocycles. The number of amides is 2. The highest BCUT2D eigenvalue weighted by Crippen LogP contribution is 2.22. The zero-order valence-corrected chi connectivity index (χ0v) is 18.2. The Balaban J connectivity index is 0.000000186. The van der Waals surface area contributed by atoms with Crippen LogP contribution in [0, 0.1) is 10.1 Å². The van der Waals surface area contributed by atoms with Gasteiger partial charge < -0.3 is 15.5 Å². The second-order valence-electron chi connectivity index (χ2n) is 8.10. The van der Waals surface area contributed by atoms with Gasteiger partial charge >= 0.3 is 6.03 Å². The second kappa shape index (κ2) is 11.3. The number of nitrogen functional groups attached to an aromatic ring is 1. The fourth-order valence-corrected chi connectivity index (χ4v) is 3.99. The number of benzene rings is 2. The van der Waals surface area contributed by atoms with Crippen LogP contribution in [0.1, 0.15) is 54.4 Å². The molecular weight excluding hydrogens is 408 g/mol. The van der Waals surface area contributed by atoms with Gasteiger partial charge in [-0.2, -0.15) is 0 Å². The summed E-state index contributed by atoms with van der Waals surface area (Å²) in [6.45, 7) is 3.93.